The van der Waals surface area contributed by atoms with Gasteiger partial charge in [0.2, 0.25) is 5.11 Å². The monoisotopic (exact) mass is 536 g/mol. The van der Waals surface area contributed by atoms with Gasteiger partial charge in [-0.1, -0.05) is 60.7 Å². The number of nitro benzene ring substituents is 1. The van der Waals surface area contributed by atoms with Crippen molar-refractivity contribution in [3.8, 4) is 0 Å². The molecule has 2 heterocycles. The van der Waals surface area contributed by atoms with E-state index in [0.29, 0.717) is 24.5 Å². The lowest BCUT2D eigenvalue weighted by Gasteiger charge is -2.37. The van der Waals surface area contributed by atoms with Crippen LogP contribution in [0.5, 0.6) is 0 Å². The van der Waals surface area contributed by atoms with Crippen molar-refractivity contribution in [3.63, 3.8) is 0 Å². The Balaban J connectivity index is 1.45. The molecule has 3 aromatic carbocycles. The van der Waals surface area contributed by atoms with Crippen LogP contribution in [-0.4, -0.2) is 28.9 Å². The number of para-hydroxylation sites is 2. The second-order valence-electron chi connectivity index (χ2n) is 7.29. The first-order valence-electron chi connectivity index (χ1n) is 10.3. The van der Waals surface area contributed by atoms with Crippen molar-refractivity contribution in [1.82, 2.24) is 5.01 Å². The summed E-state index contributed by atoms with van der Waals surface area (Å²) in [4.78, 5) is 17.7. The molecule has 0 saturated heterocycles. The summed E-state index contributed by atoms with van der Waals surface area (Å²) in [5.41, 5.74) is 2.34. The standard InChI is InChI=1S/C23H16N6O2S4/c30-29(31)18-13-7-8-15(14-18)19-25-20-28(23(33)27(19)17-11-5-2-6-12-17)26-22(34-20)35-21(32)24-16-9-3-1-4-10-16/h1-14,19H,(H,24,32). The van der Waals surface area contributed by atoms with Crippen LogP contribution in [0.2, 0.25) is 0 Å². The SMILES string of the molecule is O=[N+]([O-])c1cccc(C2N=C3SC(SC(=S)Nc4ccccc4)=NN3C(=S)N2c2ccccc2)c1. The molecule has 3 aromatic rings. The molecule has 0 amide bonds. The number of hydrazone groups is 1. The van der Waals surface area contributed by atoms with Gasteiger partial charge in [0.1, 0.15) is 4.32 Å². The molecule has 8 nitrogen and oxygen atoms in total. The summed E-state index contributed by atoms with van der Waals surface area (Å²) in [6.07, 6.45) is -0.586. The molecule has 1 N–H and O–H groups in total. The fourth-order valence-electron chi connectivity index (χ4n) is 3.49. The van der Waals surface area contributed by atoms with E-state index in [0.717, 1.165) is 11.4 Å². The molecule has 2 aliphatic rings. The van der Waals surface area contributed by atoms with Crippen LogP contribution in [0.4, 0.5) is 17.1 Å². The molecule has 1 atom stereocenters. The molecule has 0 saturated carbocycles. The number of nitrogens with zero attached hydrogens (tertiary/aromatic N) is 5. The number of nitrogens with one attached hydrogen (secondary N) is 1. The van der Waals surface area contributed by atoms with Crippen molar-refractivity contribution in [2.75, 3.05) is 10.2 Å². The maximum Gasteiger partial charge on any atom is 0.269 e. The van der Waals surface area contributed by atoms with Gasteiger partial charge in [-0.25, -0.2) is 4.99 Å². The Kier molecular flexibility index (Phi) is 6.77. The van der Waals surface area contributed by atoms with Crippen molar-refractivity contribution in [3.05, 3.63) is 101 Å². The zero-order valence-corrected chi connectivity index (χ0v) is 21.1. The first-order chi connectivity index (χ1) is 17.0. The molecule has 5 rings (SSSR count). The molecule has 0 fully saturated rings. The van der Waals surface area contributed by atoms with Crippen LogP contribution >= 0.6 is 48.0 Å². The largest absolute Gasteiger partial charge is 0.341 e. The van der Waals surface area contributed by atoms with Gasteiger partial charge in [0.05, 0.1) is 4.92 Å². The van der Waals surface area contributed by atoms with Gasteiger partial charge < -0.3 is 5.32 Å². The average molecular weight is 537 g/mol. The van der Waals surface area contributed by atoms with Crippen LogP contribution < -0.4 is 10.2 Å². The van der Waals surface area contributed by atoms with E-state index in [-0.39, 0.29) is 5.69 Å². The summed E-state index contributed by atoms with van der Waals surface area (Å²) in [6.45, 7) is 0. The number of hydrogen-bond donors (Lipinski definition) is 1. The van der Waals surface area contributed by atoms with E-state index in [1.807, 2.05) is 71.6 Å². The minimum absolute atomic E-state index is 0.00651. The zero-order chi connectivity index (χ0) is 24.4. The predicted molar refractivity (Wildman–Crippen MR) is 152 cm³/mol. The van der Waals surface area contributed by atoms with Crippen LogP contribution in [0.25, 0.3) is 0 Å². The molecule has 12 heteroatoms. The molecule has 2 aliphatic heterocycles. The number of non-ortho nitro benzene ring substituents is 1. The van der Waals surface area contributed by atoms with Gasteiger partial charge in [-0.05, 0) is 60.0 Å². The number of amidine groups is 1. The molecule has 0 radical (unpaired) electrons. The maximum absolute atomic E-state index is 11.4. The zero-order valence-electron chi connectivity index (χ0n) is 17.8. The fourth-order valence-corrected chi connectivity index (χ4v) is 6.13. The lowest BCUT2D eigenvalue weighted by atomic mass is 10.1. The van der Waals surface area contributed by atoms with Gasteiger partial charge in [-0.2, -0.15) is 5.01 Å². The minimum atomic E-state index is -0.586. The molecule has 174 valence electrons. The van der Waals surface area contributed by atoms with Gasteiger partial charge in [0, 0.05) is 29.1 Å². The van der Waals surface area contributed by atoms with E-state index in [9.17, 15) is 10.1 Å². The minimum Gasteiger partial charge on any atom is -0.341 e. The van der Waals surface area contributed by atoms with E-state index in [1.165, 1.54) is 35.7 Å². The first-order valence-corrected chi connectivity index (χ1v) is 12.8. The topological polar surface area (TPSA) is 86.4 Å². The number of hydrogen-bond acceptors (Lipinski definition) is 8. The van der Waals surface area contributed by atoms with Crippen molar-refractivity contribution in [2.24, 2.45) is 10.1 Å². The highest BCUT2D eigenvalue weighted by Gasteiger charge is 2.39. The summed E-state index contributed by atoms with van der Waals surface area (Å²) in [6, 6.07) is 25.6. The summed E-state index contributed by atoms with van der Waals surface area (Å²) in [5.74, 6) is 0. The van der Waals surface area contributed by atoms with Crippen molar-refractivity contribution >= 4 is 84.0 Å². The number of thiocarbonyl (C=S) groups is 2. The number of nitro groups is 1. The number of rotatable bonds is 4. The third-order valence-corrected chi connectivity index (χ3v) is 7.50. The second kappa shape index (κ2) is 10.1. The van der Waals surface area contributed by atoms with Crippen LogP contribution in [0.1, 0.15) is 11.7 Å². The number of anilines is 2. The highest BCUT2D eigenvalue weighted by Crippen LogP contribution is 2.40. The highest BCUT2D eigenvalue weighted by molar-refractivity contribution is 8.52. The number of benzene rings is 3. The highest BCUT2D eigenvalue weighted by atomic mass is 32.2. The van der Waals surface area contributed by atoms with E-state index < -0.39 is 11.1 Å². The van der Waals surface area contributed by atoms with Crippen LogP contribution in [-0.2, 0) is 0 Å². The Hall–Kier alpha value is -3.32. The Labute approximate surface area is 220 Å². The maximum atomic E-state index is 11.4. The number of fused-ring (bicyclic) bond motifs is 1. The number of aliphatic imine (C=N–C) groups is 1. The first kappa shape index (κ1) is 23.4. The van der Waals surface area contributed by atoms with Gasteiger partial charge in [0.25, 0.3) is 5.69 Å². The lowest BCUT2D eigenvalue weighted by molar-refractivity contribution is -0.384. The van der Waals surface area contributed by atoms with E-state index in [1.54, 1.807) is 11.1 Å². The van der Waals surface area contributed by atoms with E-state index in [4.69, 9.17) is 29.4 Å². The summed E-state index contributed by atoms with van der Waals surface area (Å²) in [5, 5.41) is 21.8. The Morgan fingerprint density at radius 1 is 1.06 bits per heavy atom. The Bertz CT molecular complexity index is 1370. The third-order valence-electron chi connectivity index (χ3n) is 5.02. The van der Waals surface area contributed by atoms with Crippen LogP contribution in [0, 0.1) is 10.1 Å². The molecule has 0 spiro atoms. The van der Waals surface area contributed by atoms with Gasteiger partial charge in [0.15, 0.2) is 15.7 Å². The quantitative estimate of drug-likeness (QED) is 0.238. The van der Waals surface area contributed by atoms with Crippen LogP contribution in [0.3, 0.4) is 0 Å². The van der Waals surface area contributed by atoms with Crippen molar-refractivity contribution in [2.45, 2.75) is 6.17 Å². The fraction of sp³-hybridized carbons (Fsp3) is 0.0435. The molecule has 1 unspecified atom stereocenters. The Morgan fingerprint density at radius 3 is 2.49 bits per heavy atom. The molecular formula is C23H16N6O2S4. The number of thioether (sulfide) groups is 2. The predicted octanol–water partition coefficient (Wildman–Crippen LogP) is 6.20. The molecular weight excluding hydrogens is 521 g/mol. The van der Waals surface area contributed by atoms with Crippen molar-refractivity contribution < 1.29 is 4.92 Å². The molecule has 0 aromatic heterocycles. The Morgan fingerprint density at radius 2 is 1.77 bits per heavy atom. The van der Waals surface area contributed by atoms with Crippen molar-refractivity contribution in [1.29, 1.82) is 0 Å². The second-order valence-corrected chi connectivity index (χ2v) is 10.5. The normalized spacial score (nSPS) is 16.9. The molecule has 0 aliphatic carbocycles. The summed E-state index contributed by atoms with van der Waals surface area (Å²) < 4.78 is 1.22. The average Bonchev–Trinajstić information content (AvgIpc) is 3.27. The molecule has 35 heavy (non-hydrogen) atoms. The smallest absolute Gasteiger partial charge is 0.269 e. The summed E-state index contributed by atoms with van der Waals surface area (Å²) >= 11 is 14.0. The van der Waals surface area contributed by atoms with Gasteiger partial charge >= 0.3 is 0 Å². The van der Waals surface area contributed by atoms with E-state index in [2.05, 4.69) is 10.4 Å². The van der Waals surface area contributed by atoms with E-state index >= 15 is 0 Å². The molecule has 0 bridgehead atoms. The van der Waals surface area contributed by atoms with Gasteiger partial charge in [-0.3, -0.25) is 15.0 Å². The van der Waals surface area contributed by atoms with Crippen LogP contribution in [0.15, 0.2) is 95.0 Å². The third kappa shape index (κ3) is 5.05. The lowest BCUT2D eigenvalue weighted by Crippen LogP contribution is -2.47. The summed E-state index contributed by atoms with van der Waals surface area (Å²) in [7, 11) is 0. The van der Waals surface area contributed by atoms with Gasteiger partial charge in [-0.15, -0.1) is 5.10 Å².